The van der Waals surface area contributed by atoms with E-state index in [0.29, 0.717) is 37.8 Å². The van der Waals surface area contributed by atoms with E-state index in [4.69, 9.17) is 51.7 Å². The van der Waals surface area contributed by atoms with Gasteiger partial charge in [0.1, 0.15) is 6.07 Å². The summed E-state index contributed by atoms with van der Waals surface area (Å²) in [5.41, 5.74) is 1.85. The Balaban J connectivity index is 2.22. The molecule has 0 spiro atoms. The van der Waals surface area contributed by atoms with Gasteiger partial charge in [-0.2, -0.15) is 5.26 Å². The van der Waals surface area contributed by atoms with Crippen LogP contribution in [-0.4, -0.2) is 0 Å². The second kappa shape index (κ2) is 6.56. The van der Waals surface area contributed by atoms with Crippen molar-refractivity contribution in [2.24, 2.45) is 0 Å². The number of nitriles is 1. The second-order valence-electron chi connectivity index (χ2n) is 3.98. The summed E-state index contributed by atoms with van der Waals surface area (Å²) in [5.74, 6) is 0. The highest BCUT2D eigenvalue weighted by molar-refractivity contribution is 6.44. The molecule has 0 radical (unpaired) electrons. The van der Waals surface area contributed by atoms with Gasteiger partial charge in [-0.05, 0) is 30.3 Å². The van der Waals surface area contributed by atoms with E-state index >= 15 is 0 Å². The van der Waals surface area contributed by atoms with Crippen LogP contribution in [0.15, 0.2) is 30.3 Å². The van der Waals surface area contributed by atoms with E-state index < -0.39 is 0 Å². The minimum Gasteiger partial charge on any atom is -0.381 e. The SMILES string of the molecule is N#Cc1cc(NCc2c(Cl)ccc(Cl)c2Cl)ccc1Cl. The van der Waals surface area contributed by atoms with E-state index in [1.165, 1.54) is 0 Å². The molecule has 0 heterocycles. The minimum atomic E-state index is 0.394. The summed E-state index contributed by atoms with van der Waals surface area (Å²) in [6, 6.07) is 10.4. The lowest BCUT2D eigenvalue weighted by Crippen LogP contribution is -2.01. The predicted molar refractivity (Wildman–Crippen MR) is 85.0 cm³/mol. The highest BCUT2D eigenvalue weighted by Gasteiger charge is 2.09. The maximum atomic E-state index is 8.93. The van der Waals surface area contributed by atoms with Crippen LogP contribution in [0.3, 0.4) is 0 Å². The first-order valence-corrected chi connectivity index (χ1v) is 7.10. The standard InChI is InChI=1S/C14H8Cl4N2/c15-11-2-1-9(5-8(11)6-19)20-7-10-12(16)3-4-13(17)14(10)18/h1-5,20H,7H2. The van der Waals surface area contributed by atoms with Crippen LogP contribution in [0.1, 0.15) is 11.1 Å². The molecule has 2 rings (SSSR count). The van der Waals surface area contributed by atoms with Crippen LogP contribution in [0.2, 0.25) is 20.1 Å². The van der Waals surface area contributed by atoms with Crippen molar-refractivity contribution in [3.63, 3.8) is 0 Å². The van der Waals surface area contributed by atoms with Crippen LogP contribution in [0.4, 0.5) is 5.69 Å². The summed E-state index contributed by atoms with van der Waals surface area (Å²) in [5, 5.41) is 13.9. The molecule has 0 saturated heterocycles. The van der Waals surface area contributed by atoms with Gasteiger partial charge in [0.2, 0.25) is 0 Å². The van der Waals surface area contributed by atoms with Crippen LogP contribution in [0.25, 0.3) is 0 Å². The Kier molecular flexibility index (Phi) is 5.01. The Morgan fingerprint density at radius 3 is 2.30 bits per heavy atom. The average Bonchev–Trinajstić information content (AvgIpc) is 2.44. The molecule has 0 fully saturated rings. The van der Waals surface area contributed by atoms with E-state index in [0.717, 1.165) is 5.69 Å². The third-order valence-corrected chi connectivity index (χ3v) is 4.22. The van der Waals surface area contributed by atoms with Crippen molar-refractivity contribution in [1.29, 1.82) is 5.26 Å². The molecule has 20 heavy (non-hydrogen) atoms. The van der Waals surface area contributed by atoms with E-state index in [2.05, 4.69) is 5.32 Å². The van der Waals surface area contributed by atoms with Crippen LogP contribution >= 0.6 is 46.4 Å². The van der Waals surface area contributed by atoms with Crippen molar-refractivity contribution in [3.05, 3.63) is 61.5 Å². The molecule has 0 unspecified atom stereocenters. The summed E-state index contributed by atoms with van der Waals surface area (Å²) >= 11 is 24.0. The highest BCUT2D eigenvalue weighted by Crippen LogP contribution is 2.32. The van der Waals surface area contributed by atoms with Gasteiger partial charge in [-0.25, -0.2) is 0 Å². The number of anilines is 1. The molecule has 0 saturated carbocycles. The van der Waals surface area contributed by atoms with Gasteiger partial charge in [0.15, 0.2) is 0 Å². The van der Waals surface area contributed by atoms with Gasteiger partial charge in [-0.1, -0.05) is 46.4 Å². The largest absolute Gasteiger partial charge is 0.381 e. The maximum absolute atomic E-state index is 8.93. The van der Waals surface area contributed by atoms with Crippen LogP contribution in [0, 0.1) is 11.3 Å². The molecule has 0 atom stereocenters. The average molecular weight is 346 g/mol. The Labute approximate surface area is 136 Å². The summed E-state index contributed by atoms with van der Waals surface area (Å²) < 4.78 is 0. The van der Waals surface area contributed by atoms with Gasteiger partial charge in [0.25, 0.3) is 0 Å². The maximum Gasteiger partial charge on any atom is 0.101 e. The summed E-state index contributed by atoms with van der Waals surface area (Å²) in [6.45, 7) is 0.394. The number of hydrogen-bond donors (Lipinski definition) is 1. The van der Waals surface area contributed by atoms with Crippen LogP contribution < -0.4 is 5.32 Å². The van der Waals surface area contributed by atoms with E-state index in [1.54, 1.807) is 30.3 Å². The van der Waals surface area contributed by atoms with Crippen LogP contribution in [0.5, 0.6) is 0 Å². The normalized spacial score (nSPS) is 10.2. The molecule has 0 aliphatic heterocycles. The topological polar surface area (TPSA) is 35.8 Å². The highest BCUT2D eigenvalue weighted by atomic mass is 35.5. The smallest absolute Gasteiger partial charge is 0.101 e. The molecule has 6 heteroatoms. The first-order valence-electron chi connectivity index (χ1n) is 5.59. The molecule has 0 aromatic heterocycles. The fourth-order valence-electron chi connectivity index (χ4n) is 1.64. The molecule has 0 amide bonds. The molecule has 0 aliphatic rings. The first-order chi connectivity index (χ1) is 9.52. The number of nitrogens with zero attached hydrogens (tertiary/aromatic N) is 1. The fourth-order valence-corrected chi connectivity index (χ4v) is 2.48. The summed E-state index contributed by atoms with van der Waals surface area (Å²) in [4.78, 5) is 0. The second-order valence-corrected chi connectivity index (χ2v) is 5.58. The Morgan fingerprint density at radius 2 is 1.60 bits per heavy atom. The van der Waals surface area contributed by atoms with Crippen molar-refractivity contribution in [2.45, 2.75) is 6.54 Å². The Morgan fingerprint density at radius 1 is 0.950 bits per heavy atom. The van der Waals surface area contributed by atoms with Crippen molar-refractivity contribution in [3.8, 4) is 6.07 Å². The van der Waals surface area contributed by atoms with E-state index in [1.807, 2.05) is 6.07 Å². The van der Waals surface area contributed by atoms with Gasteiger partial charge in [-0.3, -0.25) is 0 Å². The molecular formula is C14H8Cl4N2. The first kappa shape index (κ1) is 15.3. The molecule has 0 bridgehead atoms. The molecule has 1 N–H and O–H groups in total. The lowest BCUT2D eigenvalue weighted by atomic mass is 10.2. The number of rotatable bonds is 3. The van der Waals surface area contributed by atoms with Crippen molar-refractivity contribution >= 4 is 52.1 Å². The zero-order valence-electron chi connectivity index (χ0n) is 10.1. The minimum absolute atomic E-state index is 0.394. The number of halogens is 4. The predicted octanol–water partition coefficient (Wildman–Crippen LogP) is 5.78. The summed E-state index contributed by atoms with van der Waals surface area (Å²) in [7, 11) is 0. The fraction of sp³-hybridized carbons (Fsp3) is 0.0714. The zero-order valence-corrected chi connectivity index (χ0v) is 13.1. The number of benzene rings is 2. The molecular weight excluding hydrogens is 338 g/mol. The number of nitrogens with one attached hydrogen (secondary N) is 1. The van der Waals surface area contributed by atoms with E-state index in [9.17, 15) is 0 Å². The third-order valence-electron chi connectivity index (χ3n) is 2.70. The van der Waals surface area contributed by atoms with Crippen molar-refractivity contribution in [2.75, 3.05) is 5.32 Å². The monoisotopic (exact) mass is 344 g/mol. The van der Waals surface area contributed by atoms with Gasteiger partial charge >= 0.3 is 0 Å². The Bertz CT molecular complexity index is 692. The Hall–Kier alpha value is -1.11. The number of hydrogen-bond acceptors (Lipinski definition) is 2. The molecule has 0 aliphatic carbocycles. The van der Waals surface area contributed by atoms with E-state index in [-0.39, 0.29) is 0 Å². The zero-order chi connectivity index (χ0) is 14.7. The third kappa shape index (κ3) is 3.31. The lowest BCUT2D eigenvalue weighted by molar-refractivity contribution is 1.15. The molecule has 2 nitrogen and oxygen atoms in total. The van der Waals surface area contributed by atoms with Crippen molar-refractivity contribution in [1.82, 2.24) is 0 Å². The van der Waals surface area contributed by atoms with Gasteiger partial charge in [-0.15, -0.1) is 0 Å². The molecule has 2 aromatic rings. The van der Waals surface area contributed by atoms with Gasteiger partial charge < -0.3 is 5.32 Å². The summed E-state index contributed by atoms with van der Waals surface area (Å²) in [6.07, 6.45) is 0. The quantitative estimate of drug-likeness (QED) is 0.715. The van der Waals surface area contributed by atoms with Crippen molar-refractivity contribution < 1.29 is 0 Å². The molecule has 102 valence electrons. The van der Waals surface area contributed by atoms with Crippen LogP contribution in [-0.2, 0) is 6.54 Å². The molecule has 2 aromatic carbocycles. The van der Waals surface area contributed by atoms with Gasteiger partial charge in [0.05, 0.1) is 20.6 Å². The lowest BCUT2D eigenvalue weighted by Gasteiger charge is -2.11. The van der Waals surface area contributed by atoms with Gasteiger partial charge in [0, 0.05) is 22.8 Å².